The third-order valence-electron chi connectivity index (χ3n) is 3.76. The number of aliphatic carboxylic acids is 1. The van der Waals surface area contributed by atoms with E-state index < -0.39 is 30.1 Å². The number of carboxylic acids is 1. The lowest BCUT2D eigenvalue weighted by Crippen LogP contribution is -2.53. The highest BCUT2D eigenvalue weighted by Crippen LogP contribution is 2.06. The minimum Gasteiger partial charge on any atom is -0.480 e. The van der Waals surface area contributed by atoms with Gasteiger partial charge in [0.25, 0.3) is 0 Å². The van der Waals surface area contributed by atoms with Gasteiger partial charge in [-0.25, -0.2) is 14.6 Å². The summed E-state index contributed by atoms with van der Waals surface area (Å²) in [6.07, 6.45) is 2.41. The lowest BCUT2D eigenvalue weighted by atomic mass is 10.0. The summed E-state index contributed by atoms with van der Waals surface area (Å²) in [5.41, 5.74) is 1.38. The molecule has 2 atom stereocenters. The van der Waals surface area contributed by atoms with Crippen molar-refractivity contribution in [3.8, 4) is 0 Å². The zero-order chi connectivity index (χ0) is 19.6. The van der Waals surface area contributed by atoms with Gasteiger partial charge >= 0.3 is 12.1 Å². The molecule has 0 bridgehead atoms. The number of H-pyrrole nitrogens is 1. The van der Waals surface area contributed by atoms with E-state index in [2.05, 4.69) is 20.6 Å². The molecular weight excluding hydrogens is 352 g/mol. The molecule has 27 heavy (non-hydrogen) atoms. The summed E-state index contributed by atoms with van der Waals surface area (Å²) < 4.78 is 4.84. The van der Waals surface area contributed by atoms with Gasteiger partial charge in [0.1, 0.15) is 12.1 Å². The van der Waals surface area contributed by atoms with Gasteiger partial charge in [0.2, 0.25) is 5.91 Å². The Morgan fingerprint density at radius 2 is 1.89 bits per heavy atom. The smallest absolute Gasteiger partial charge is 0.407 e. The Balaban J connectivity index is 2.10. The normalized spacial score (nSPS) is 12.6. The molecule has 0 radical (unpaired) electrons. The van der Waals surface area contributed by atoms with Crippen LogP contribution in [-0.4, -0.2) is 51.7 Å². The van der Waals surface area contributed by atoms with Crippen molar-refractivity contribution >= 4 is 18.0 Å². The molecule has 2 amide bonds. The molecule has 9 heteroatoms. The Morgan fingerprint density at radius 1 is 1.15 bits per heavy atom. The maximum Gasteiger partial charge on any atom is 0.407 e. The molecule has 0 aliphatic carbocycles. The maximum absolute atomic E-state index is 12.7. The zero-order valence-electron chi connectivity index (χ0n) is 14.8. The summed E-state index contributed by atoms with van der Waals surface area (Å²) in [7, 11) is 0. The van der Waals surface area contributed by atoms with E-state index in [1.807, 2.05) is 30.3 Å². The van der Waals surface area contributed by atoms with Gasteiger partial charge in [-0.15, -0.1) is 0 Å². The van der Waals surface area contributed by atoms with Crippen LogP contribution in [0.1, 0.15) is 18.2 Å². The molecule has 2 aromatic rings. The molecule has 0 aliphatic heterocycles. The largest absolute Gasteiger partial charge is 0.480 e. The first-order chi connectivity index (χ1) is 13.0. The van der Waals surface area contributed by atoms with Crippen LogP contribution in [-0.2, 0) is 27.2 Å². The molecular formula is C18H22N4O5. The predicted octanol–water partition coefficient (Wildman–Crippen LogP) is 0.879. The monoisotopic (exact) mass is 374 g/mol. The average Bonchev–Trinajstić information content (AvgIpc) is 3.14. The number of rotatable bonds is 9. The summed E-state index contributed by atoms with van der Waals surface area (Å²) in [6, 6.07) is 6.94. The van der Waals surface area contributed by atoms with Crippen molar-refractivity contribution < 1.29 is 24.2 Å². The van der Waals surface area contributed by atoms with Crippen LogP contribution in [0.25, 0.3) is 0 Å². The first kappa shape index (κ1) is 20.0. The fourth-order valence-electron chi connectivity index (χ4n) is 2.46. The number of ether oxygens (including phenoxy) is 1. The highest BCUT2D eigenvalue weighted by Gasteiger charge is 2.27. The van der Waals surface area contributed by atoms with Crippen molar-refractivity contribution in [2.75, 3.05) is 6.61 Å². The second-order valence-electron chi connectivity index (χ2n) is 5.79. The molecule has 0 unspecified atom stereocenters. The van der Waals surface area contributed by atoms with Crippen LogP contribution in [0.5, 0.6) is 0 Å². The third-order valence-corrected chi connectivity index (χ3v) is 3.76. The second-order valence-corrected chi connectivity index (χ2v) is 5.79. The van der Waals surface area contributed by atoms with Gasteiger partial charge in [0, 0.05) is 24.7 Å². The topological polar surface area (TPSA) is 133 Å². The average molecular weight is 374 g/mol. The molecule has 1 aromatic carbocycles. The van der Waals surface area contributed by atoms with Crippen LogP contribution in [0.3, 0.4) is 0 Å². The van der Waals surface area contributed by atoms with Crippen LogP contribution < -0.4 is 10.6 Å². The Kier molecular flexibility index (Phi) is 7.36. The van der Waals surface area contributed by atoms with Gasteiger partial charge in [-0.2, -0.15) is 0 Å². The van der Waals surface area contributed by atoms with Gasteiger partial charge in [-0.05, 0) is 12.5 Å². The van der Waals surface area contributed by atoms with E-state index in [1.165, 1.54) is 12.5 Å². The van der Waals surface area contributed by atoms with E-state index in [0.717, 1.165) is 5.56 Å². The predicted molar refractivity (Wildman–Crippen MR) is 95.9 cm³/mol. The van der Waals surface area contributed by atoms with Crippen molar-refractivity contribution in [1.29, 1.82) is 0 Å². The molecule has 0 spiro atoms. The standard InChI is InChI=1S/C18H22N4O5/c1-2-27-18(26)22-14(8-12-6-4-3-5-7-12)16(23)21-15(17(24)25)9-13-10-19-11-20-13/h3-7,10-11,14-15H,2,8-9H2,1H3,(H,19,20)(H,21,23)(H,22,26)(H,24,25)/t14-,15-/m0/s1. The Morgan fingerprint density at radius 3 is 2.48 bits per heavy atom. The first-order valence-electron chi connectivity index (χ1n) is 8.47. The Bertz CT molecular complexity index is 748. The van der Waals surface area contributed by atoms with Crippen molar-refractivity contribution in [3.63, 3.8) is 0 Å². The molecule has 2 rings (SSSR count). The van der Waals surface area contributed by atoms with Crippen LogP contribution in [0.2, 0.25) is 0 Å². The number of imidazole rings is 1. The number of carbonyl (C=O) groups is 3. The quantitative estimate of drug-likeness (QED) is 0.515. The molecule has 1 aromatic heterocycles. The van der Waals surface area contributed by atoms with Crippen LogP contribution >= 0.6 is 0 Å². The van der Waals surface area contributed by atoms with E-state index in [9.17, 15) is 19.5 Å². The van der Waals surface area contributed by atoms with Crippen molar-refractivity contribution in [2.24, 2.45) is 0 Å². The molecule has 0 aliphatic rings. The van der Waals surface area contributed by atoms with E-state index in [1.54, 1.807) is 6.92 Å². The molecule has 144 valence electrons. The van der Waals surface area contributed by atoms with Crippen LogP contribution in [0.15, 0.2) is 42.9 Å². The lowest BCUT2D eigenvalue weighted by molar-refractivity contribution is -0.142. The molecule has 9 nitrogen and oxygen atoms in total. The molecule has 0 saturated carbocycles. The highest BCUT2D eigenvalue weighted by atomic mass is 16.5. The van der Waals surface area contributed by atoms with Gasteiger partial charge in [-0.3, -0.25) is 4.79 Å². The number of aromatic nitrogens is 2. The number of nitrogens with zero attached hydrogens (tertiary/aromatic N) is 1. The maximum atomic E-state index is 12.7. The summed E-state index contributed by atoms with van der Waals surface area (Å²) in [5, 5.41) is 14.3. The van der Waals surface area contributed by atoms with Gasteiger partial charge in [-0.1, -0.05) is 30.3 Å². The summed E-state index contributed by atoms with van der Waals surface area (Å²) in [5.74, 6) is -1.80. The summed E-state index contributed by atoms with van der Waals surface area (Å²) in [4.78, 5) is 42.6. The number of amides is 2. The lowest BCUT2D eigenvalue weighted by Gasteiger charge is -2.21. The number of aromatic amines is 1. The number of carbonyl (C=O) groups excluding carboxylic acids is 2. The molecule has 0 fully saturated rings. The van der Waals surface area contributed by atoms with Gasteiger partial charge in [0.05, 0.1) is 12.9 Å². The summed E-state index contributed by atoms with van der Waals surface area (Å²) >= 11 is 0. The number of nitrogens with one attached hydrogen (secondary N) is 3. The van der Waals surface area contributed by atoms with Crippen LogP contribution in [0.4, 0.5) is 4.79 Å². The van der Waals surface area contributed by atoms with E-state index in [4.69, 9.17) is 4.74 Å². The van der Waals surface area contributed by atoms with Crippen molar-refractivity contribution in [2.45, 2.75) is 31.8 Å². The molecule has 1 heterocycles. The van der Waals surface area contributed by atoms with E-state index in [-0.39, 0.29) is 19.4 Å². The number of benzene rings is 1. The summed E-state index contributed by atoms with van der Waals surface area (Å²) in [6.45, 7) is 1.81. The van der Waals surface area contributed by atoms with Gasteiger partial charge in [0.15, 0.2) is 0 Å². The van der Waals surface area contributed by atoms with E-state index in [0.29, 0.717) is 5.69 Å². The number of hydrogen-bond acceptors (Lipinski definition) is 5. The molecule has 0 saturated heterocycles. The fourth-order valence-corrected chi connectivity index (χ4v) is 2.46. The minimum atomic E-state index is -1.19. The Labute approximate surface area is 156 Å². The van der Waals surface area contributed by atoms with Crippen molar-refractivity contribution in [1.82, 2.24) is 20.6 Å². The fraction of sp³-hybridized carbons (Fsp3) is 0.333. The number of carboxylic acid groups (broad SMARTS) is 1. The van der Waals surface area contributed by atoms with Gasteiger partial charge < -0.3 is 25.5 Å². The van der Waals surface area contributed by atoms with Crippen molar-refractivity contribution in [3.05, 3.63) is 54.1 Å². The zero-order valence-corrected chi connectivity index (χ0v) is 14.8. The Hall–Kier alpha value is -3.36. The van der Waals surface area contributed by atoms with Crippen LogP contribution in [0, 0.1) is 0 Å². The third kappa shape index (κ3) is 6.46. The SMILES string of the molecule is CCOC(=O)N[C@@H](Cc1ccccc1)C(=O)N[C@@H](Cc1cnc[nH]1)C(=O)O. The molecule has 4 N–H and O–H groups in total. The number of alkyl carbamates (subject to hydrolysis) is 1. The number of hydrogen-bond donors (Lipinski definition) is 4. The minimum absolute atomic E-state index is 0.0402. The first-order valence-corrected chi connectivity index (χ1v) is 8.47. The second kappa shape index (κ2) is 9.95. The highest BCUT2D eigenvalue weighted by molar-refractivity contribution is 5.89. The van der Waals surface area contributed by atoms with E-state index >= 15 is 0 Å².